The van der Waals surface area contributed by atoms with Gasteiger partial charge in [-0.15, -0.1) is 11.3 Å². The molecule has 0 amide bonds. The van der Waals surface area contributed by atoms with Crippen molar-refractivity contribution in [3.8, 4) is 10.6 Å². The van der Waals surface area contributed by atoms with Gasteiger partial charge in [-0.2, -0.15) is 0 Å². The first-order valence-corrected chi connectivity index (χ1v) is 11.4. The summed E-state index contributed by atoms with van der Waals surface area (Å²) in [5.74, 6) is 0.436. The molecule has 0 saturated carbocycles. The van der Waals surface area contributed by atoms with Crippen LogP contribution in [0.2, 0.25) is 0 Å². The van der Waals surface area contributed by atoms with E-state index in [2.05, 4.69) is 15.3 Å². The quantitative estimate of drug-likeness (QED) is 0.393. The molecule has 3 aromatic heterocycles. The first kappa shape index (κ1) is 21.2. The third kappa shape index (κ3) is 3.99. The van der Waals surface area contributed by atoms with Crippen LogP contribution in [-0.2, 0) is 12.0 Å². The molecule has 8 heteroatoms. The topological polar surface area (TPSA) is 108 Å². The fraction of sp³-hybridized carbons (Fsp3) is 0.200. The largest absolute Gasteiger partial charge is 0.478 e. The minimum Gasteiger partial charge on any atom is -0.478 e. The van der Waals surface area contributed by atoms with Crippen molar-refractivity contribution in [3.63, 3.8) is 0 Å². The van der Waals surface area contributed by atoms with Gasteiger partial charge in [0, 0.05) is 12.4 Å². The van der Waals surface area contributed by atoms with Crippen LogP contribution in [-0.4, -0.2) is 31.1 Å². The maximum atomic E-state index is 11.5. The van der Waals surface area contributed by atoms with Crippen LogP contribution in [0.25, 0.3) is 10.6 Å². The molecule has 7 nitrogen and oxygen atoms in total. The summed E-state index contributed by atoms with van der Waals surface area (Å²) in [6.45, 7) is 4.01. The number of benzene rings is 1. The van der Waals surface area contributed by atoms with E-state index in [1.165, 1.54) is 17.4 Å². The Morgan fingerprint density at radius 3 is 2.67 bits per heavy atom. The summed E-state index contributed by atoms with van der Waals surface area (Å²) in [5.41, 5.74) is 3.47. The second-order valence-electron chi connectivity index (χ2n) is 8.33. The Morgan fingerprint density at radius 2 is 1.88 bits per heavy atom. The number of pyridine rings is 2. The summed E-state index contributed by atoms with van der Waals surface area (Å²) in [5, 5.41) is 24.6. The number of carboxylic acid groups (broad SMARTS) is 1. The van der Waals surface area contributed by atoms with Crippen molar-refractivity contribution < 1.29 is 15.0 Å². The predicted octanol–water partition coefficient (Wildman–Crippen LogP) is 4.84. The third-order valence-electron chi connectivity index (χ3n) is 5.81. The molecule has 0 saturated heterocycles. The molecule has 33 heavy (non-hydrogen) atoms. The number of carbonyl (C=O) groups is 1. The molecule has 0 radical (unpaired) electrons. The van der Waals surface area contributed by atoms with Crippen molar-refractivity contribution >= 4 is 28.9 Å². The SMILES string of the molecule is Cc1ccnc(Nc2cc(C)cc(-c3cnc([C@@]4(O)CCc5cc(C(=O)O)ccc54)s3)n2)c1. The van der Waals surface area contributed by atoms with Crippen molar-refractivity contribution in [2.24, 2.45) is 0 Å². The average molecular weight is 459 g/mol. The highest BCUT2D eigenvalue weighted by Gasteiger charge is 2.41. The van der Waals surface area contributed by atoms with Crippen molar-refractivity contribution in [1.29, 1.82) is 0 Å². The lowest BCUT2D eigenvalue weighted by Gasteiger charge is -2.21. The second-order valence-corrected chi connectivity index (χ2v) is 9.36. The van der Waals surface area contributed by atoms with Gasteiger partial charge in [-0.3, -0.25) is 0 Å². The first-order chi connectivity index (χ1) is 15.8. The number of thiazole rings is 1. The van der Waals surface area contributed by atoms with Gasteiger partial charge in [0.2, 0.25) is 0 Å². The minimum absolute atomic E-state index is 0.227. The Hall–Kier alpha value is -3.62. The Balaban J connectivity index is 1.46. The molecule has 0 spiro atoms. The molecule has 5 rings (SSSR count). The number of carboxylic acids is 1. The molecule has 0 aliphatic heterocycles. The van der Waals surface area contributed by atoms with Crippen LogP contribution >= 0.6 is 11.3 Å². The van der Waals surface area contributed by atoms with Crippen molar-refractivity contribution in [1.82, 2.24) is 15.0 Å². The van der Waals surface area contributed by atoms with E-state index in [1.807, 2.05) is 38.1 Å². The van der Waals surface area contributed by atoms with E-state index >= 15 is 0 Å². The molecule has 1 atom stereocenters. The molecule has 0 unspecified atom stereocenters. The number of rotatable bonds is 5. The van der Waals surface area contributed by atoms with E-state index in [0.717, 1.165) is 38.6 Å². The monoisotopic (exact) mass is 458 g/mol. The lowest BCUT2D eigenvalue weighted by molar-refractivity contribution is 0.0695. The zero-order valence-electron chi connectivity index (χ0n) is 18.2. The van der Waals surface area contributed by atoms with Gasteiger partial charge in [-0.1, -0.05) is 6.07 Å². The Kier molecular flexibility index (Phi) is 5.19. The van der Waals surface area contributed by atoms with Gasteiger partial charge in [0.05, 0.1) is 16.1 Å². The van der Waals surface area contributed by atoms with E-state index in [1.54, 1.807) is 24.5 Å². The van der Waals surface area contributed by atoms with Crippen LogP contribution in [0.1, 0.15) is 44.0 Å². The summed E-state index contributed by atoms with van der Waals surface area (Å²) in [6.07, 6.45) is 4.55. The van der Waals surface area contributed by atoms with Gasteiger partial charge in [-0.05, 0) is 85.3 Å². The smallest absolute Gasteiger partial charge is 0.335 e. The molecular formula is C25H22N4O3S. The van der Waals surface area contributed by atoms with Gasteiger partial charge < -0.3 is 15.5 Å². The minimum atomic E-state index is -1.23. The van der Waals surface area contributed by atoms with Crippen molar-refractivity contribution in [2.45, 2.75) is 32.3 Å². The normalized spacial score (nSPS) is 17.1. The van der Waals surface area contributed by atoms with E-state index in [4.69, 9.17) is 4.98 Å². The second kappa shape index (κ2) is 8.06. The van der Waals surface area contributed by atoms with Crippen LogP contribution in [0.4, 0.5) is 11.6 Å². The number of anilines is 2. The number of hydrogen-bond donors (Lipinski definition) is 3. The molecule has 0 fully saturated rings. The van der Waals surface area contributed by atoms with E-state index in [9.17, 15) is 15.0 Å². The Bertz CT molecular complexity index is 1380. The summed E-state index contributed by atoms with van der Waals surface area (Å²) >= 11 is 1.40. The van der Waals surface area contributed by atoms with Crippen LogP contribution in [0.3, 0.4) is 0 Å². The molecule has 1 aromatic carbocycles. The highest BCUT2D eigenvalue weighted by molar-refractivity contribution is 7.15. The maximum absolute atomic E-state index is 11.5. The van der Waals surface area contributed by atoms with Crippen molar-refractivity contribution in [3.05, 3.63) is 87.7 Å². The highest BCUT2D eigenvalue weighted by atomic mass is 32.1. The number of aromatic nitrogens is 3. The number of hydrogen-bond acceptors (Lipinski definition) is 7. The summed E-state index contributed by atoms with van der Waals surface area (Å²) < 4.78 is 0. The van der Waals surface area contributed by atoms with Gasteiger partial charge >= 0.3 is 5.97 Å². The van der Waals surface area contributed by atoms with Gasteiger partial charge in [-0.25, -0.2) is 19.7 Å². The average Bonchev–Trinajstić information content (AvgIpc) is 3.40. The van der Waals surface area contributed by atoms with E-state index in [0.29, 0.717) is 23.7 Å². The molecular weight excluding hydrogens is 436 g/mol. The lowest BCUT2D eigenvalue weighted by atomic mass is 9.96. The van der Waals surface area contributed by atoms with Gasteiger partial charge in [0.25, 0.3) is 0 Å². The van der Waals surface area contributed by atoms with Crippen LogP contribution < -0.4 is 5.32 Å². The molecule has 4 aromatic rings. The van der Waals surface area contributed by atoms with Crippen LogP contribution in [0, 0.1) is 13.8 Å². The summed E-state index contributed by atoms with van der Waals surface area (Å²) in [7, 11) is 0. The summed E-state index contributed by atoms with van der Waals surface area (Å²) in [4.78, 5) is 25.8. The zero-order valence-corrected chi connectivity index (χ0v) is 19.0. The maximum Gasteiger partial charge on any atom is 0.335 e. The van der Waals surface area contributed by atoms with Gasteiger partial charge in [0.15, 0.2) is 0 Å². The molecule has 1 aliphatic rings. The number of aryl methyl sites for hydroxylation is 3. The van der Waals surface area contributed by atoms with Crippen LogP contribution in [0.5, 0.6) is 0 Å². The van der Waals surface area contributed by atoms with E-state index in [-0.39, 0.29) is 5.56 Å². The zero-order chi connectivity index (χ0) is 23.2. The molecule has 1 aliphatic carbocycles. The first-order valence-electron chi connectivity index (χ1n) is 10.6. The fourth-order valence-corrected chi connectivity index (χ4v) is 5.20. The standard InChI is InChI=1S/C25H22N4O3S/c1-14-6-8-26-21(10-14)29-22-11-15(2)9-19(28-22)20-13-27-24(33-20)25(32)7-5-16-12-17(23(30)31)3-4-18(16)25/h3-4,6,8-13,32H,5,7H2,1-2H3,(H,30,31)(H,26,28,29)/t25-/m1/s1. The number of aromatic carboxylic acids is 1. The van der Waals surface area contributed by atoms with Gasteiger partial charge in [0.1, 0.15) is 22.2 Å². The third-order valence-corrected chi connectivity index (χ3v) is 6.98. The fourth-order valence-electron chi connectivity index (χ4n) is 4.19. The van der Waals surface area contributed by atoms with E-state index < -0.39 is 11.6 Å². The molecule has 166 valence electrons. The number of aliphatic hydroxyl groups is 1. The molecule has 0 bridgehead atoms. The lowest BCUT2D eigenvalue weighted by Crippen LogP contribution is -2.23. The predicted molar refractivity (Wildman–Crippen MR) is 127 cm³/mol. The van der Waals surface area contributed by atoms with Crippen LogP contribution in [0.15, 0.2) is 54.9 Å². The molecule has 3 N–H and O–H groups in total. The molecule has 3 heterocycles. The highest BCUT2D eigenvalue weighted by Crippen LogP contribution is 2.45. The summed E-state index contributed by atoms with van der Waals surface area (Å²) in [6, 6.07) is 12.7. The Labute approximate surface area is 194 Å². The number of nitrogens with zero attached hydrogens (tertiary/aromatic N) is 3. The Morgan fingerprint density at radius 1 is 1.06 bits per heavy atom. The number of fused-ring (bicyclic) bond motifs is 1. The van der Waals surface area contributed by atoms with Crippen molar-refractivity contribution in [2.75, 3.05) is 5.32 Å². The number of nitrogens with one attached hydrogen (secondary N) is 1.